The Morgan fingerprint density at radius 2 is 1.74 bits per heavy atom. The van der Waals surface area contributed by atoms with Crippen LogP contribution in [0.5, 0.6) is 0 Å². The van der Waals surface area contributed by atoms with E-state index in [2.05, 4.69) is 41.5 Å². The normalized spacial score (nSPS) is 55.1. The summed E-state index contributed by atoms with van der Waals surface area (Å²) in [7, 11) is 0. The van der Waals surface area contributed by atoms with Crippen molar-refractivity contribution in [2.45, 2.75) is 141 Å². The first-order valence-electron chi connectivity index (χ1n) is 14.6. The average molecular weight is 489 g/mol. The lowest BCUT2D eigenvalue weighted by Crippen LogP contribution is -2.72. The molecule has 5 heteroatoms. The average Bonchev–Trinajstić information content (AvgIpc) is 3.63. The van der Waals surface area contributed by atoms with Gasteiger partial charge in [-0.2, -0.15) is 0 Å². The van der Waals surface area contributed by atoms with E-state index in [1.54, 1.807) is 0 Å². The second kappa shape index (κ2) is 7.47. The summed E-state index contributed by atoms with van der Waals surface area (Å²) >= 11 is 0. The summed E-state index contributed by atoms with van der Waals surface area (Å²) in [4.78, 5) is 11.6. The minimum atomic E-state index is -0.906. The lowest BCUT2D eigenvalue weighted by atomic mass is 9.42. The maximum atomic E-state index is 12.1. The molecular formula is C30H48O5. The molecule has 5 nitrogen and oxygen atoms in total. The van der Waals surface area contributed by atoms with Crippen molar-refractivity contribution >= 4 is 5.97 Å². The van der Waals surface area contributed by atoms with Crippen molar-refractivity contribution in [3.05, 3.63) is 0 Å². The third kappa shape index (κ3) is 2.95. The summed E-state index contributed by atoms with van der Waals surface area (Å²) in [6.07, 6.45) is 9.09. The smallest absolute Gasteiger partial charge is 0.302 e. The van der Waals surface area contributed by atoms with E-state index in [-0.39, 0.29) is 46.3 Å². The minimum Gasteiger partial charge on any atom is -0.462 e. The van der Waals surface area contributed by atoms with Crippen LogP contribution >= 0.6 is 0 Å². The van der Waals surface area contributed by atoms with E-state index in [1.165, 1.54) is 32.6 Å². The molecule has 0 aromatic rings. The van der Waals surface area contributed by atoms with E-state index >= 15 is 0 Å². The highest BCUT2D eigenvalue weighted by molar-refractivity contribution is 5.66. The highest BCUT2D eigenvalue weighted by atomic mass is 16.7. The number of carbonyl (C=O) groups is 1. The van der Waals surface area contributed by atoms with Crippen molar-refractivity contribution in [2.24, 2.45) is 40.4 Å². The zero-order valence-corrected chi connectivity index (χ0v) is 23.1. The van der Waals surface area contributed by atoms with Crippen molar-refractivity contribution in [2.75, 3.05) is 0 Å². The van der Waals surface area contributed by atoms with Gasteiger partial charge in [-0.15, -0.1) is 0 Å². The quantitative estimate of drug-likeness (QED) is 0.386. The lowest BCUT2D eigenvalue weighted by Gasteiger charge is -2.60. The standard InChI is InChI=1S/C30H48O5/c1-17(2)18(3)8-9-19(4)22-10-11-23-26(22,6)15-25-30(35-25)27(7)13-12-21(33-20(5)31)14-28(27,32)16-24-29(23,30)34-24/h17-19,21-25,32H,8-16H2,1-7H3/t18-,19+,21?,22?,23?,24?,25?,26?,27?,28-,29?,30?/m0/s1. The van der Waals surface area contributed by atoms with Gasteiger partial charge in [0, 0.05) is 25.2 Å². The predicted molar refractivity (Wildman–Crippen MR) is 134 cm³/mol. The Bertz CT molecular complexity index is 903. The Balaban J connectivity index is 1.26. The van der Waals surface area contributed by atoms with Crippen molar-refractivity contribution in [1.82, 2.24) is 0 Å². The first kappa shape index (κ1) is 24.7. The van der Waals surface area contributed by atoms with Gasteiger partial charge in [0.15, 0.2) is 0 Å². The van der Waals surface area contributed by atoms with Gasteiger partial charge in [-0.25, -0.2) is 0 Å². The SMILES string of the molecule is CC(=O)OC1CCC2(C)C34OC3CC3(C)C([C@H](C)CC[C@H](C)C(C)C)CCC3C43OC3C[C@@]2(O)C1. The highest BCUT2D eigenvalue weighted by Crippen LogP contribution is 2.84. The number of epoxide rings is 2. The van der Waals surface area contributed by atoms with Crippen molar-refractivity contribution in [3.63, 3.8) is 0 Å². The van der Waals surface area contributed by atoms with Crippen LogP contribution in [0.1, 0.15) is 106 Å². The molecule has 9 unspecified atom stereocenters. The summed E-state index contributed by atoms with van der Waals surface area (Å²) in [5.41, 5.74) is -1.60. The molecule has 0 aromatic heterocycles. The Labute approximate surface area is 212 Å². The fourth-order valence-corrected chi connectivity index (χ4v) is 10.4. The molecule has 6 rings (SSSR count). The maximum Gasteiger partial charge on any atom is 0.302 e. The molecule has 2 aliphatic heterocycles. The Hall–Kier alpha value is -0.650. The fourth-order valence-electron chi connectivity index (χ4n) is 10.4. The van der Waals surface area contributed by atoms with E-state index < -0.39 is 5.60 Å². The van der Waals surface area contributed by atoms with E-state index in [9.17, 15) is 9.90 Å². The summed E-state index contributed by atoms with van der Waals surface area (Å²) in [6, 6.07) is 0. The van der Waals surface area contributed by atoms with Crippen LogP contribution in [0, 0.1) is 40.4 Å². The van der Waals surface area contributed by atoms with E-state index in [4.69, 9.17) is 14.2 Å². The number of fused-ring (bicyclic) bond motifs is 2. The van der Waals surface area contributed by atoms with Gasteiger partial charge in [0.05, 0.1) is 17.8 Å². The second-order valence-electron chi connectivity index (χ2n) is 14.5. The van der Waals surface area contributed by atoms with Crippen molar-refractivity contribution < 1.29 is 24.1 Å². The summed E-state index contributed by atoms with van der Waals surface area (Å²) < 4.78 is 19.2. The summed E-state index contributed by atoms with van der Waals surface area (Å²) in [5.74, 6) is 3.24. The third-order valence-electron chi connectivity index (χ3n) is 12.8. The fraction of sp³-hybridized carbons (Fsp3) is 0.967. The number of esters is 1. The van der Waals surface area contributed by atoms with Gasteiger partial charge in [0.1, 0.15) is 17.3 Å². The first-order valence-corrected chi connectivity index (χ1v) is 14.6. The van der Waals surface area contributed by atoms with Crippen LogP contribution in [0.25, 0.3) is 0 Å². The zero-order valence-electron chi connectivity index (χ0n) is 23.1. The number of hydrogen-bond donors (Lipinski definition) is 1. The number of hydrogen-bond acceptors (Lipinski definition) is 5. The van der Waals surface area contributed by atoms with Crippen LogP contribution in [-0.4, -0.2) is 46.2 Å². The monoisotopic (exact) mass is 488 g/mol. The van der Waals surface area contributed by atoms with Gasteiger partial charge in [-0.3, -0.25) is 4.79 Å². The molecule has 0 aromatic carbocycles. The van der Waals surface area contributed by atoms with Crippen LogP contribution in [-0.2, 0) is 19.0 Å². The first-order chi connectivity index (χ1) is 16.3. The lowest BCUT2D eigenvalue weighted by molar-refractivity contribution is -0.209. The number of aliphatic hydroxyl groups is 1. The van der Waals surface area contributed by atoms with E-state index in [0.717, 1.165) is 42.9 Å². The highest BCUT2D eigenvalue weighted by Gasteiger charge is 2.96. The number of carbonyl (C=O) groups excluding carboxylic acids is 1. The molecule has 12 atom stereocenters. The molecule has 0 radical (unpaired) electrons. The van der Waals surface area contributed by atoms with E-state index in [0.29, 0.717) is 18.8 Å². The topological polar surface area (TPSA) is 71.6 Å². The summed E-state index contributed by atoms with van der Waals surface area (Å²) in [5, 5.41) is 12.1. The predicted octanol–water partition coefficient (Wildman–Crippen LogP) is 5.66. The molecule has 0 amide bonds. The van der Waals surface area contributed by atoms with Crippen LogP contribution in [0.4, 0.5) is 0 Å². The molecule has 2 spiro atoms. The second-order valence-corrected chi connectivity index (χ2v) is 14.5. The van der Waals surface area contributed by atoms with Gasteiger partial charge in [0.2, 0.25) is 0 Å². The third-order valence-corrected chi connectivity index (χ3v) is 12.8. The van der Waals surface area contributed by atoms with Crippen molar-refractivity contribution in [1.29, 1.82) is 0 Å². The Morgan fingerprint density at radius 3 is 2.43 bits per heavy atom. The van der Waals surface area contributed by atoms with Gasteiger partial charge in [-0.05, 0) is 67.1 Å². The zero-order chi connectivity index (χ0) is 25.2. The van der Waals surface area contributed by atoms with Crippen LogP contribution in [0.15, 0.2) is 0 Å². The molecule has 4 aliphatic carbocycles. The number of rotatable bonds is 6. The van der Waals surface area contributed by atoms with E-state index in [1.807, 2.05) is 0 Å². The minimum absolute atomic E-state index is 0.0706. The molecular weight excluding hydrogens is 440 g/mol. The van der Waals surface area contributed by atoms with Gasteiger partial charge < -0.3 is 19.3 Å². The largest absolute Gasteiger partial charge is 0.462 e. The van der Waals surface area contributed by atoms with Crippen LogP contribution in [0.3, 0.4) is 0 Å². The van der Waals surface area contributed by atoms with Crippen LogP contribution in [0.2, 0.25) is 0 Å². The molecule has 2 saturated heterocycles. The molecule has 198 valence electrons. The van der Waals surface area contributed by atoms with Gasteiger partial charge in [0.25, 0.3) is 0 Å². The molecule has 1 N–H and O–H groups in total. The molecule has 4 saturated carbocycles. The molecule has 0 bridgehead atoms. The Morgan fingerprint density at radius 1 is 1.00 bits per heavy atom. The molecule has 35 heavy (non-hydrogen) atoms. The van der Waals surface area contributed by atoms with Gasteiger partial charge in [-0.1, -0.05) is 54.4 Å². The van der Waals surface area contributed by atoms with Crippen molar-refractivity contribution in [3.8, 4) is 0 Å². The molecule has 2 heterocycles. The molecule has 6 fully saturated rings. The Kier molecular flexibility index (Phi) is 5.27. The van der Waals surface area contributed by atoms with Crippen LogP contribution < -0.4 is 0 Å². The molecule has 6 aliphatic rings. The number of ether oxygens (including phenoxy) is 3. The summed E-state index contributed by atoms with van der Waals surface area (Å²) in [6.45, 7) is 15.9. The van der Waals surface area contributed by atoms with Gasteiger partial charge >= 0.3 is 5.97 Å². The maximum absolute atomic E-state index is 12.1.